The van der Waals surface area contributed by atoms with Gasteiger partial charge in [-0.05, 0) is 0 Å². The Bertz CT molecular complexity index is 541. The normalized spacial score (nSPS) is 15.9. The van der Waals surface area contributed by atoms with Gasteiger partial charge in [-0.15, -0.1) is 0 Å². The summed E-state index contributed by atoms with van der Waals surface area (Å²) >= 11 is 0.691. The Morgan fingerprint density at radius 1 is 1.00 bits per heavy atom. The van der Waals surface area contributed by atoms with E-state index in [4.69, 9.17) is 4.74 Å². The van der Waals surface area contributed by atoms with Crippen LogP contribution in [0.2, 0.25) is 10.6 Å². The number of aromatic hydroxyl groups is 1. The number of phenolic OH excluding ortho intramolecular Hbond substituents is 1. The van der Waals surface area contributed by atoms with E-state index in [-0.39, 0.29) is 0 Å². The first-order chi connectivity index (χ1) is 12.6. The second-order valence-electron chi connectivity index (χ2n) is 7.85. The van der Waals surface area contributed by atoms with Crippen LogP contribution >= 0.6 is 0 Å². The Morgan fingerprint density at radius 2 is 1.62 bits per heavy atom. The molecule has 1 aromatic carbocycles. The summed E-state index contributed by atoms with van der Waals surface area (Å²) in [5.74, 6) is 1.46. The van der Waals surface area contributed by atoms with Gasteiger partial charge in [0, 0.05) is 0 Å². The van der Waals surface area contributed by atoms with Crippen LogP contribution in [0.15, 0.2) is 6.07 Å². The van der Waals surface area contributed by atoms with Crippen LogP contribution in [0.3, 0.4) is 0 Å². The van der Waals surface area contributed by atoms with Gasteiger partial charge in [-0.2, -0.15) is 0 Å². The monoisotopic (exact) mass is 426 g/mol. The van der Waals surface area contributed by atoms with Crippen molar-refractivity contribution in [2.75, 3.05) is 0 Å². The van der Waals surface area contributed by atoms with Crippen molar-refractivity contribution >= 4 is 15.0 Å². The van der Waals surface area contributed by atoms with E-state index < -0.39 is 0 Å². The average molecular weight is 426 g/mol. The van der Waals surface area contributed by atoms with Gasteiger partial charge in [0.1, 0.15) is 0 Å². The molecule has 0 radical (unpaired) electrons. The number of rotatable bonds is 13. The molecule has 1 atom stereocenters. The zero-order valence-corrected chi connectivity index (χ0v) is 18.8. The van der Waals surface area contributed by atoms with E-state index in [0.29, 0.717) is 26.8 Å². The van der Waals surface area contributed by atoms with Crippen LogP contribution in [0.1, 0.15) is 87.8 Å². The van der Waals surface area contributed by atoms with Crippen LogP contribution < -0.4 is 4.74 Å². The van der Waals surface area contributed by atoms with E-state index in [0.717, 1.165) is 23.3 Å². The van der Waals surface area contributed by atoms with Crippen molar-refractivity contribution in [3.8, 4) is 11.5 Å². The molecule has 1 aromatic rings. The molecule has 0 saturated heterocycles. The molecule has 1 aliphatic rings. The first-order valence-corrected chi connectivity index (χ1v) is 13.1. The molecule has 26 heavy (non-hydrogen) atoms. The number of hydrogen-bond acceptors (Lipinski definition) is 2. The molecule has 1 aliphatic heterocycles. The summed E-state index contributed by atoms with van der Waals surface area (Å²) in [6.07, 6.45) is 15.5. The molecular formula is C23H38O2Se. The quantitative estimate of drug-likeness (QED) is 0.279. The molecule has 0 saturated carbocycles. The third kappa shape index (κ3) is 6.82. The molecule has 2 nitrogen and oxygen atoms in total. The van der Waals surface area contributed by atoms with Crippen LogP contribution in [0.5, 0.6) is 11.5 Å². The number of phenols is 1. The summed E-state index contributed by atoms with van der Waals surface area (Å²) in [5.41, 5.74) is 3.32. The van der Waals surface area contributed by atoms with Gasteiger partial charge in [0.2, 0.25) is 0 Å². The molecule has 2 rings (SSSR count). The van der Waals surface area contributed by atoms with Gasteiger partial charge in [0.05, 0.1) is 0 Å². The van der Waals surface area contributed by atoms with Crippen molar-refractivity contribution in [2.45, 2.75) is 108 Å². The summed E-state index contributed by atoms with van der Waals surface area (Å²) in [4.78, 5) is 0. The van der Waals surface area contributed by atoms with Gasteiger partial charge in [-0.1, -0.05) is 0 Å². The molecule has 0 fully saturated rings. The molecule has 0 spiro atoms. The number of hydrogen-bond donors (Lipinski definition) is 1. The SMILES string of the molecule is CCCCCCCCCCCC[Se]CC1Cc2c(C)c(O)cc(C)c2O1. The van der Waals surface area contributed by atoms with Crippen LogP contribution in [0, 0.1) is 13.8 Å². The third-order valence-corrected chi connectivity index (χ3v) is 7.97. The predicted octanol–water partition coefficient (Wildman–Crippen LogP) is 6.77. The number of ether oxygens (including phenoxy) is 1. The fourth-order valence-corrected chi connectivity index (χ4v) is 5.93. The maximum atomic E-state index is 9.99. The Balaban J connectivity index is 1.49. The molecule has 0 aliphatic carbocycles. The second-order valence-corrected chi connectivity index (χ2v) is 10.3. The van der Waals surface area contributed by atoms with Gasteiger partial charge in [0.15, 0.2) is 0 Å². The van der Waals surface area contributed by atoms with Crippen molar-refractivity contribution in [1.82, 2.24) is 0 Å². The fraction of sp³-hybridized carbons (Fsp3) is 0.739. The van der Waals surface area contributed by atoms with E-state index in [2.05, 4.69) is 6.92 Å². The van der Waals surface area contributed by atoms with Crippen molar-refractivity contribution < 1.29 is 9.84 Å². The minimum atomic E-state index is 0.340. The molecule has 0 aromatic heterocycles. The van der Waals surface area contributed by atoms with Crippen LogP contribution in [-0.4, -0.2) is 26.2 Å². The first-order valence-electron chi connectivity index (χ1n) is 10.7. The average Bonchev–Trinajstić information content (AvgIpc) is 3.06. The van der Waals surface area contributed by atoms with Crippen LogP contribution in [0.25, 0.3) is 0 Å². The van der Waals surface area contributed by atoms with Crippen molar-refractivity contribution in [3.05, 3.63) is 22.8 Å². The van der Waals surface area contributed by atoms with Crippen molar-refractivity contribution in [2.24, 2.45) is 0 Å². The van der Waals surface area contributed by atoms with Crippen molar-refractivity contribution in [3.63, 3.8) is 0 Å². The number of fused-ring (bicyclic) bond motifs is 1. The molecule has 1 heterocycles. The first kappa shape index (κ1) is 21.6. The molecule has 3 heteroatoms. The number of unbranched alkanes of at least 4 members (excludes halogenated alkanes) is 9. The molecular weight excluding hydrogens is 387 g/mol. The summed E-state index contributed by atoms with van der Waals surface area (Å²) in [6, 6.07) is 1.84. The Labute approximate surface area is 167 Å². The predicted molar refractivity (Wildman–Crippen MR) is 113 cm³/mol. The third-order valence-electron chi connectivity index (χ3n) is 5.48. The van der Waals surface area contributed by atoms with E-state index in [9.17, 15) is 5.11 Å². The summed E-state index contributed by atoms with van der Waals surface area (Å²) < 4.78 is 6.18. The summed E-state index contributed by atoms with van der Waals surface area (Å²) in [6.45, 7) is 6.33. The number of benzene rings is 1. The van der Waals surface area contributed by atoms with Gasteiger partial charge in [-0.25, -0.2) is 0 Å². The number of aryl methyl sites for hydroxylation is 1. The van der Waals surface area contributed by atoms with E-state index >= 15 is 0 Å². The minimum absolute atomic E-state index is 0.340. The Kier molecular flexibility index (Phi) is 9.93. The van der Waals surface area contributed by atoms with Gasteiger partial charge in [0.25, 0.3) is 0 Å². The van der Waals surface area contributed by atoms with E-state index in [1.165, 1.54) is 80.4 Å². The van der Waals surface area contributed by atoms with Gasteiger partial charge < -0.3 is 0 Å². The van der Waals surface area contributed by atoms with Gasteiger partial charge >= 0.3 is 167 Å². The Hall–Kier alpha value is -0.661. The fourth-order valence-electron chi connectivity index (χ4n) is 3.79. The topological polar surface area (TPSA) is 29.5 Å². The Morgan fingerprint density at radius 3 is 2.27 bits per heavy atom. The van der Waals surface area contributed by atoms with Crippen molar-refractivity contribution in [1.29, 1.82) is 0 Å². The molecule has 148 valence electrons. The van der Waals surface area contributed by atoms with E-state index in [1.54, 1.807) is 0 Å². The van der Waals surface area contributed by atoms with Gasteiger partial charge in [-0.3, -0.25) is 0 Å². The van der Waals surface area contributed by atoms with Crippen LogP contribution in [-0.2, 0) is 6.42 Å². The van der Waals surface area contributed by atoms with E-state index in [1.807, 2.05) is 19.9 Å². The molecule has 0 amide bonds. The maximum absolute atomic E-state index is 9.99. The summed E-state index contributed by atoms with van der Waals surface area (Å²) in [7, 11) is 0. The zero-order chi connectivity index (χ0) is 18.8. The molecule has 0 bridgehead atoms. The second kappa shape index (κ2) is 11.9. The summed E-state index contributed by atoms with van der Waals surface area (Å²) in [5, 5.41) is 12.6. The molecule has 1 N–H and O–H groups in total. The van der Waals surface area contributed by atoms with Crippen LogP contribution in [0.4, 0.5) is 0 Å². The standard InChI is InChI=1S/C23H38O2Se/c1-4-5-6-7-8-9-10-11-12-13-14-26-17-20-16-21-19(3)22(24)15-18(2)23(21)25-20/h15,20,24H,4-14,16-17H2,1-3H3. The zero-order valence-electron chi connectivity index (χ0n) is 17.1. The molecule has 1 unspecified atom stereocenters.